The van der Waals surface area contributed by atoms with Gasteiger partial charge in [0, 0.05) is 15.6 Å². The molecular formula is C19H21BrN2O2. The van der Waals surface area contributed by atoms with Crippen molar-refractivity contribution in [1.29, 1.82) is 0 Å². The largest absolute Gasteiger partial charge is 0.497 e. The van der Waals surface area contributed by atoms with E-state index in [1.54, 1.807) is 13.3 Å². The fourth-order valence-corrected chi connectivity index (χ4v) is 2.44. The molecule has 2 rings (SSSR count). The van der Waals surface area contributed by atoms with Gasteiger partial charge in [0.1, 0.15) is 5.75 Å². The highest BCUT2D eigenvalue weighted by Gasteiger charge is 2.14. The third kappa shape index (κ3) is 4.68. The summed E-state index contributed by atoms with van der Waals surface area (Å²) in [5, 5.41) is 4.02. The molecule has 1 N–H and O–H groups in total. The van der Waals surface area contributed by atoms with Crippen molar-refractivity contribution in [2.24, 2.45) is 5.10 Å². The highest BCUT2D eigenvalue weighted by Crippen LogP contribution is 2.22. The molecule has 0 atom stereocenters. The van der Waals surface area contributed by atoms with Crippen molar-refractivity contribution >= 4 is 28.1 Å². The zero-order valence-corrected chi connectivity index (χ0v) is 15.8. The van der Waals surface area contributed by atoms with Crippen LogP contribution in [-0.4, -0.2) is 19.2 Å². The maximum atomic E-state index is 12.1. The maximum Gasteiger partial charge on any atom is 0.271 e. The first-order chi connectivity index (χ1) is 11.3. The summed E-state index contributed by atoms with van der Waals surface area (Å²) in [6, 6.07) is 13.1. The molecule has 0 unspecified atom stereocenters. The minimum atomic E-state index is -0.245. The fraction of sp³-hybridized carbons (Fsp3) is 0.263. The number of nitrogens with zero attached hydrogens (tertiary/aromatic N) is 1. The standard InChI is InChI=1S/C19H21BrN2O2/c1-19(2,3)15-7-5-13(6-8-15)18(23)22-21-12-14-11-16(24-4)9-10-17(14)20/h5-12H,1-4H3,(H,22,23)/b21-12-. The van der Waals surface area contributed by atoms with Crippen LogP contribution in [0, 0.1) is 0 Å². The summed E-state index contributed by atoms with van der Waals surface area (Å²) in [5.41, 5.74) is 5.17. The van der Waals surface area contributed by atoms with Crippen LogP contribution in [0.5, 0.6) is 5.75 Å². The molecule has 0 spiro atoms. The Morgan fingerprint density at radius 1 is 1.17 bits per heavy atom. The van der Waals surface area contributed by atoms with Crippen LogP contribution in [0.25, 0.3) is 0 Å². The van der Waals surface area contributed by atoms with E-state index >= 15 is 0 Å². The maximum absolute atomic E-state index is 12.1. The van der Waals surface area contributed by atoms with Crippen LogP contribution in [0.15, 0.2) is 52.0 Å². The van der Waals surface area contributed by atoms with Gasteiger partial charge < -0.3 is 4.74 Å². The Labute approximate surface area is 151 Å². The van der Waals surface area contributed by atoms with Crippen LogP contribution < -0.4 is 10.2 Å². The first kappa shape index (κ1) is 18.2. The number of hydrogen-bond acceptors (Lipinski definition) is 3. The van der Waals surface area contributed by atoms with Crippen LogP contribution in [0.1, 0.15) is 42.3 Å². The summed E-state index contributed by atoms with van der Waals surface area (Å²) in [4.78, 5) is 12.1. The van der Waals surface area contributed by atoms with Crippen LogP contribution in [0.2, 0.25) is 0 Å². The predicted octanol–water partition coefficient (Wildman–Crippen LogP) is 4.52. The Balaban J connectivity index is 2.05. The number of methoxy groups -OCH3 is 1. The number of hydrogen-bond donors (Lipinski definition) is 1. The molecule has 0 radical (unpaired) electrons. The second kappa shape index (κ2) is 7.62. The summed E-state index contributed by atoms with van der Waals surface area (Å²) in [5.74, 6) is 0.481. The molecule has 2 aromatic rings. The normalized spacial score (nSPS) is 11.5. The summed E-state index contributed by atoms with van der Waals surface area (Å²) in [6.45, 7) is 6.41. The van der Waals surface area contributed by atoms with Crippen molar-refractivity contribution in [1.82, 2.24) is 5.43 Å². The number of nitrogens with one attached hydrogen (secondary N) is 1. The molecule has 4 nitrogen and oxygen atoms in total. The van der Waals surface area contributed by atoms with Crippen molar-refractivity contribution in [2.45, 2.75) is 26.2 Å². The highest BCUT2D eigenvalue weighted by atomic mass is 79.9. The molecular weight excluding hydrogens is 368 g/mol. The molecule has 0 aliphatic heterocycles. The molecule has 0 aliphatic carbocycles. The second-order valence-electron chi connectivity index (χ2n) is 6.41. The quantitative estimate of drug-likeness (QED) is 0.618. The number of carbonyl (C=O) groups excluding carboxylic acids is 1. The molecule has 0 saturated carbocycles. The lowest BCUT2D eigenvalue weighted by Gasteiger charge is -2.18. The van der Waals surface area contributed by atoms with Crippen molar-refractivity contribution in [3.8, 4) is 5.75 Å². The average molecular weight is 389 g/mol. The van der Waals surface area contributed by atoms with Gasteiger partial charge in [0.05, 0.1) is 13.3 Å². The third-order valence-corrected chi connectivity index (χ3v) is 4.31. The third-order valence-electron chi connectivity index (χ3n) is 3.59. The van der Waals surface area contributed by atoms with Gasteiger partial charge in [-0.3, -0.25) is 4.79 Å². The number of rotatable bonds is 4. The molecule has 0 aliphatic rings. The number of benzene rings is 2. The topological polar surface area (TPSA) is 50.7 Å². The lowest BCUT2D eigenvalue weighted by molar-refractivity contribution is 0.0955. The summed E-state index contributed by atoms with van der Waals surface area (Å²) in [6.07, 6.45) is 1.58. The Morgan fingerprint density at radius 2 is 1.83 bits per heavy atom. The van der Waals surface area contributed by atoms with Gasteiger partial charge in [-0.25, -0.2) is 5.43 Å². The molecule has 0 fully saturated rings. The summed E-state index contributed by atoms with van der Waals surface area (Å²) in [7, 11) is 1.60. The molecule has 1 amide bonds. The van der Waals surface area contributed by atoms with E-state index in [4.69, 9.17) is 4.74 Å². The van der Waals surface area contributed by atoms with Crippen LogP contribution in [-0.2, 0) is 5.41 Å². The zero-order valence-electron chi connectivity index (χ0n) is 14.3. The lowest BCUT2D eigenvalue weighted by atomic mass is 9.87. The van der Waals surface area contributed by atoms with Crippen molar-refractivity contribution < 1.29 is 9.53 Å². The molecule has 126 valence electrons. The van der Waals surface area contributed by atoms with Gasteiger partial charge >= 0.3 is 0 Å². The Morgan fingerprint density at radius 3 is 2.42 bits per heavy atom. The predicted molar refractivity (Wildman–Crippen MR) is 101 cm³/mol. The van der Waals surface area contributed by atoms with Gasteiger partial charge in [-0.2, -0.15) is 5.10 Å². The minimum absolute atomic E-state index is 0.0613. The molecule has 0 saturated heterocycles. The second-order valence-corrected chi connectivity index (χ2v) is 7.27. The SMILES string of the molecule is COc1ccc(Br)c(/C=N\NC(=O)c2ccc(C(C)(C)C)cc2)c1. The van der Waals surface area contributed by atoms with Gasteiger partial charge in [0.25, 0.3) is 5.91 Å². The van der Waals surface area contributed by atoms with E-state index < -0.39 is 0 Å². The van der Waals surface area contributed by atoms with Crippen LogP contribution in [0.4, 0.5) is 0 Å². The monoisotopic (exact) mass is 388 g/mol. The minimum Gasteiger partial charge on any atom is -0.497 e. The van der Waals surface area contributed by atoms with E-state index in [0.717, 1.165) is 15.8 Å². The zero-order chi connectivity index (χ0) is 17.7. The number of amides is 1. The number of hydrazone groups is 1. The van der Waals surface area contributed by atoms with Crippen LogP contribution in [0.3, 0.4) is 0 Å². The molecule has 24 heavy (non-hydrogen) atoms. The summed E-state index contributed by atoms with van der Waals surface area (Å²) >= 11 is 3.44. The number of carbonyl (C=O) groups is 1. The van der Waals surface area contributed by atoms with Gasteiger partial charge in [-0.05, 0) is 41.3 Å². The fourth-order valence-electron chi connectivity index (χ4n) is 2.09. The molecule has 0 aromatic heterocycles. The van der Waals surface area contributed by atoms with Gasteiger partial charge in [0.2, 0.25) is 0 Å². The highest BCUT2D eigenvalue weighted by molar-refractivity contribution is 9.10. The number of halogens is 1. The van der Waals surface area contributed by atoms with E-state index in [0.29, 0.717) is 5.56 Å². The Hall–Kier alpha value is -2.14. The lowest BCUT2D eigenvalue weighted by Crippen LogP contribution is -2.18. The molecule has 2 aromatic carbocycles. The average Bonchev–Trinajstić information content (AvgIpc) is 2.55. The first-order valence-electron chi connectivity index (χ1n) is 7.59. The number of ether oxygens (including phenoxy) is 1. The van der Waals surface area contributed by atoms with Crippen LogP contribution >= 0.6 is 15.9 Å². The molecule has 0 heterocycles. The van der Waals surface area contributed by atoms with E-state index in [9.17, 15) is 4.79 Å². The van der Waals surface area contributed by atoms with Crippen molar-refractivity contribution in [3.05, 3.63) is 63.6 Å². The smallest absolute Gasteiger partial charge is 0.271 e. The van der Waals surface area contributed by atoms with Gasteiger partial charge in [0.15, 0.2) is 0 Å². The van der Waals surface area contributed by atoms with E-state index in [1.807, 2.05) is 42.5 Å². The molecule has 0 bridgehead atoms. The van der Waals surface area contributed by atoms with Gasteiger partial charge in [-0.1, -0.05) is 48.8 Å². The van der Waals surface area contributed by atoms with E-state index in [2.05, 4.69) is 47.2 Å². The van der Waals surface area contributed by atoms with E-state index in [1.165, 1.54) is 5.56 Å². The van der Waals surface area contributed by atoms with Crippen molar-refractivity contribution in [2.75, 3.05) is 7.11 Å². The Bertz CT molecular complexity index is 747. The molecule has 5 heteroatoms. The van der Waals surface area contributed by atoms with E-state index in [-0.39, 0.29) is 11.3 Å². The summed E-state index contributed by atoms with van der Waals surface area (Å²) < 4.78 is 6.05. The van der Waals surface area contributed by atoms with Gasteiger partial charge in [-0.15, -0.1) is 0 Å². The van der Waals surface area contributed by atoms with Crippen molar-refractivity contribution in [3.63, 3.8) is 0 Å². The first-order valence-corrected chi connectivity index (χ1v) is 8.38. The Kier molecular flexibility index (Phi) is 5.78.